The first-order chi connectivity index (χ1) is 22.0. The topological polar surface area (TPSA) is 120 Å². The van der Waals surface area contributed by atoms with Gasteiger partial charge in [-0.05, 0) is 80.0 Å². The minimum Gasteiger partial charge on any atom is -1.00 e. The van der Waals surface area contributed by atoms with Gasteiger partial charge >= 0.3 is 34.1 Å². The number of ether oxygens (including phenoxy) is 2. The number of thioether (sulfide) groups is 2. The number of hydrogen-bond donors (Lipinski definition) is 2. The van der Waals surface area contributed by atoms with E-state index in [2.05, 4.69) is 81.9 Å². The van der Waals surface area contributed by atoms with Gasteiger partial charge in [-0.3, -0.25) is 19.3 Å². The summed E-state index contributed by atoms with van der Waals surface area (Å²) >= 11 is 3.60. The number of aryl methyl sites for hydroxylation is 6. The monoisotopic (exact) mass is 940 g/mol. The number of aliphatic hydroxyl groups excluding tert-OH is 2. The van der Waals surface area contributed by atoms with Crippen LogP contribution in [0.1, 0.15) is 68.5 Å². The second kappa shape index (κ2) is 32.4. The van der Waals surface area contributed by atoms with Crippen molar-refractivity contribution in [2.45, 2.75) is 67.5 Å². The van der Waals surface area contributed by atoms with E-state index >= 15 is 0 Å². The normalized spacial score (nSPS) is 10.3. The molecular weight excluding hydrogens is 889 g/mol. The fourth-order valence-corrected chi connectivity index (χ4v) is 6.77. The Morgan fingerprint density at radius 1 is 0.596 bits per heavy atom. The maximum atomic E-state index is 7.00. The Balaban J connectivity index is -0.000000168. The molecule has 0 saturated carbocycles. The summed E-state index contributed by atoms with van der Waals surface area (Å²) in [6.07, 6.45) is 8.00. The van der Waals surface area contributed by atoms with Crippen molar-refractivity contribution in [3.8, 4) is 11.5 Å². The van der Waals surface area contributed by atoms with Gasteiger partial charge in [0, 0.05) is 71.8 Å². The minimum atomic E-state index is 0. The van der Waals surface area contributed by atoms with Gasteiger partial charge in [0.15, 0.2) is 0 Å². The van der Waals surface area contributed by atoms with Crippen LogP contribution in [0.3, 0.4) is 0 Å². The van der Waals surface area contributed by atoms with Crippen molar-refractivity contribution in [3.63, 3.8) is 0 Å². The van der Waals surface area contributed by atoms with Crippen LogP contribution in [0.25, 0.3) is 0 Å². The van der Waals surface area contributed by atoms with Crippen LogP contribution < -0.4 is 59.1 Å². The van der Waals surface area contributed by atoms with Crippen LogP contribution in [0.5, 0.6) is 11.5 Å². The van der Waals surface area contributed by atoms with Crippen molar-refractivity contribution in [1.82, 2.24) is 29.5 Å². The van der Waals surface area contributed by atoms with Crippen molar-refractivity contribution < 1.29 is 103 Å². The quantitative estimate of drug-likeness (QED) is 0.149. The van der Waals surface area contributed by atoms with E-state index in [0.717, 1.165) is 93.6 Å². The first-order valence-corrected chi connectivity index (χ1v) is 17.7. The molecule has 10 nitrogen and oxygen atoms in total. The Morgan fingerprint density at radius 2 is 0.885 bits per heavy atom. The summed E-state index contributed by atoms with van der Waals surface area (Å²) in [6.45, 7) is 16.4. The summed E-state index contributed by atoms with van der Waals surface area (Å²) in [5.74, 6) is 3.71. The molecule has 0 aliphatic heterocycles. The van der Waals surface area contributed by atoms with Gasteiger partial charge in [-0.25, -0.2) is 0 Å². The summed E-state index contributed by atoms with van der Waals surface area (Å²) in [5.41, 5.74) is 10.8. The van der Waals surface area contributed by atoms with Crippen LogP contribution in [-0.2, 0) is 34.1 Å². The molecule has 0 bridgehead atoms. The number of aliphatic hydroxyl groups is 2. The average Bonchev–Trinajstić information content (AvgIpc) is 3.56. The molecule has 4 aromatic rings. The molecule has 52 heavy (non-hydrogen) atoms. The molecule has 2 radical (unpaired) electrons. The van der Waals surface area contributed by atoms with Gasteiger partial charge in [-0.2, -0.15) is 33.7 Å². The van der Waals surface area contributed by atoms with Gasteiger partial charge in [-0.15, -0.1) is 0 Å². The number of methoxy groups -OCH3 is 2. The Labute approximate surface area is 366 Å². The van der Waals surface area contributed by atoms with Crippen LogP contribution in [-0.4, -0.2) is 92.2 Å². The van der Waals surface area contributed by atoms with Gasteiger partial charge < -0.3 is 69.3 Å². The zero-order chi connectivity index (χ0) is 35.1. The first-order valence-electron chi connectivity index (χ1n) is 14.9. The second-order valence-electron chi connectivity index (χ2n) is 10.7. The first kappa shape index (κ1) is 63.1. The third kappa shape index (κ3) is 16.5. The maximum Gasteiger partial charge on any atom is 2.00 e. The molecule has 4 rings (SSSR count). The smallest absolute Gasteiger partial charge is 1.00 e. The zero-order valence-corrected chi connectivity index (χ0v) is 38.7. The van der Waals surface area contributed by atoms with Crippen LogP contribution in [0.2, 0.25) is 0 Å². The molecule has 4 heterocycles. The summed E-state index contributed by atoms with van der Waals surface area (Å²) < 4.78 is 15.2. The van der Waals surface area contributed by atoms with E-state index in [1.165, 1.54) is 0 Å². The van der Waals surface area contributed by atoms with E-state index < -0.39 is 0 Å². The molecule has 2 atom stereocenters. The van der Waals surface area contributed by atoms with Gasteiger partial charge in [0.05, 0.1) is 37.0 Å². The van der Waals surface area contributed by atoms with Crippen molar-refractivity contribution in [2.75, 3.05) is 52.5 Å². The van der Waals surface area contributed by atoms with Gasteiger partial charge in [0.2, 0.25) is 0 Å². The standard InChI is InChI=1S/2C16H23N3OS.2CH4O.4ClH.2Cu/c2*1-10-8-17-15(13(4)16(10)20-5)14(9-21-6)19-12(3)7-11(2)18-19;2*1-2;;;;;;/h2*7-8,14H,9H2,1-6H3;2*2H,1H3;4*1H;;/q;;;;;;;;2*+2/p-4/t2*14-;;;;;;;;/m10......../s1. The van der Waals surface area contributed by atoms with E-state index in [-0.39, 0.29) is 95.8 Å². The second-order valence-corrected chi connectivity index (χ2v) is 12.5. The van der Waals surface area contributed by atoms with Crippen LogP contribution >= 0.6 is 23.5 Å². The molecule has 0 amide bonds. The van der Waals surface area contributed by atoms with Gasteiger partial charge in [0.25, 0.3) is 0 Å². The van der Waals surface area contributed by atoms with Crippen molar-refractivity contribution >= 4 is 23.5 Å². The van der Waals surface area contributed by atoms with Crippen LogP contribution in [0.15, 0.2) is 24.5 Å². The molecular formula is C34H54Cl4Cu2N6O4S2. The molecule has 0 fully saturated rings. The Morgan fingerprint density at radius 3 is 1.10 bits per heavy atom. The van der Waals surface area contributed by atoms with Gasteiger partial charge in [-0.1, -0.05) is 0 Å². The zero-order valence-electron chi connectivity index (χ0n) is 32.2. The van der Waals surface area contributed by atoms with E-state index in [9.17, 15) is 0 Å². The van der Waals surface area contributed by atoms with Crippen LogP contribution in [0, 0.1) is 55.4 Å². The predicted molar refractivity (Wildman–Crippen MR) is 193 cm³/mol. The number of nitrogens with zero attached hydrogens (tertiary/aromatic N) is 6. The molecule has 306 valence electrons. The SMILES string of the molecule is CO.CO.COc1c(C)cnc([C@@H](CSC)n2nc(C)cc2C)c1C.COc1c(C)cnc([C@H](CSC)n2nc(C)cc2C)c1C.[Cl-].[Cl-].[Cl-].[Cl-].[Cu+2].[Cu+2]. The van der Waals surface area contributed by atoms with Crippen LogP contribution in [0.4, 0.5) is 0 Å². The van der Waals surface area contributed by atoms with Crippen molar-refractivity contribution in [3.05, 3.63) is 80.9 Å². The molecule has 0 aliphatic carbocycles. The average molecular weight is 944 g/mol. The van der Waals surface area contributed by atoms with E-state index in [1.807, 2.05) is 40.1 Å². The van der Waals surface area contributed by atoms with E-state index in [1.54, 1.807) is 37.7 Å². The third-order valence-electron chi connectivity index (χ3n) is 7.33. The number of pyridine rings is 2. The van der Waals surface area contributed by atoms with Crippen molar-refractivity contribution in [2.24, 2.45) is 0 Å². The summed E-state index contributed by atoms with van der Waals surface area (Å²) in [4.78, 5) is 9.36. The molecule has 0 unspecified atom stereocenters. The Bertz CT molecular complexity index is 1430. The minimum absolute atomic E-state index is 0. The molecule has 0 aromatic carbocycles. The summed E-state index contributed by atoms with van der Waals surface area (Å²) in [6, 6.07) is 4.47. The molecule has 0 saturated heterocycles. The number of halogens is 4. The van der Waals surface area contributed by atoms with Gasteiger partial charge in [0.1, 0.15) is 23.6 Å². The number of hydrogen-bond acceptors (Lipinski definition) is 10. The van der Waals surface area contributed by atoms with E-state index in [4.69, 9.17) is 19.7 Å². The van der Waals surface area contributed by atoms with E-state index in [0.29, 0.717) is 0 Å². The molecule has 4 aromatic heterocycles. The number of rotatable bonds is 10. The predicted octanol–water partition coefficient (Wildman–Crippen LogP) is -5.83. The third-order valence-corrected chi connectivity index (χ3v) is 8.63. The molecule has 2 N–H and O–H groups in total. The summed E-state index contributed by atoms with van der Waals surface area (Å²) in [5, 5.41) is 23.3. The number of aromatic nitrogens is 6. The molecule has 0 aliphatic rings. The largest absolute Gasteiger partial charge is 2.00 e. The van der Waals surface area contributed by atoms with Crippen molar-refractivity contribution in [1.29, 1.82) is 0 Å². The Hall–Kier alpha value is -0.861. The fourth-order valence-electron chi connectivity index (χ4n) is 5.54. The summed E-state index contributed by atoms with van der Waals surface area (Å²) in [7, 11) is 5.43. The Kier molecular flexibility index (Phi) is 39.3. The molecule has 0 spiro atoms. The maximum absolute atomic E-state index is 7.00. The molecule has 18 heteroatoms. The fraction of sp³-hybridized carbons (Fsp3) is 0.529.